The summed E-state index contributed by atoms with van der Waals surface area (Å²) in [5.74, 6) is 4.50. The summed E-state index contributed by atoms with van der Waals surface area (Å²) in [6.45, 7) is 0. The zero-order valence-corrected chi connectivity index (χ0v) is 6.37. The lowest BCUT2D eigenvalue weighted by atomic mass is 10.1. The average Bonchev–Trinajstić information content (AvgIpc) is 2.03. The monoisotopic (exact) mass is 166 g/mol. The van der Waals surface area contributed by atoms with Crippen LogP contribution in [0.15, 0.2) is 18.2 Å². The van der Waals surface area contributed by atoms with E-state index < -0.39 is 5.91 Å². The van der Waals surface area contributed by atoms with Gasteiger partial charge in [0.15, 0.2) is 0 Å². The van der Waals surface area contributed by atoms with E-state index >= 15 is 0 Å². The van der Waals surface area contributed by atoms with Crippen molar-refractivity contribution in [2.75, 3.05) is 11.5 Å². The standard InChI is InChI=1S/C7H10N4O/c8-4-1-2-5(6(9)3-4)7(12)11-10/h1-3H,8-10H2,(H,11,12). The molecule has 7 N–H and O–H groups in total. The molecule has 0 aliphatic rings. The van der Waals surface area contributed by atoms with Gasteiger partial charge in [0, 0.05) is 11.4 Å². The van der Waals surface area contributed by atoms with Crippen LogP contribution in [0.3, 0.4) is 0 Å². The molecule has 1 amide bonds. The quantitative estimate of drug-likeness (QED) is 0.194. The van der Waals surface area contributed by atoms with Crippen LogP contribution < -0.4 is 22.7 Å². The van der Waals surface area contributed by atoms with Crippen LogP contribution in [0.2, 0.25) is 0 Å². The van der Waals surface area contributed by atoms with Gasteiger partial charge >= 0.3 is 0 Å². The molecule has 0 fully saturated rings. The average molecular weight is 166 g/mol. The van der Waals surface area contributed by atoms with Crippen molar-refractivity contribution in [1.29, 1.82) is 0 Å². The zero-order chi connectivity index (χ0) is 9.14. The Hall–Kier alpha value is -1.75. The Labute approximate surface area is 69.5 Å². The first-order valence-corrected chi connectivity index (χ1v) is 3.31. The van der Waals surface area contributed by atoms with Gasteiger partial charge in [-0.2, -0.15) is 0 Å². The number of nitrogens with two attached hydrogens (primary N) is 3. The van der Waals surface area contributed by atoms with Gasteiger partial charge in [0.1, 0.15) is 0 Å². The van der Waals surface area contributed by atoms with E-state index in [0.29, 0.717) is 16.9 Å². The Morgan fingerprint density at radius 3 is 2.50 bits per heavy atom. The molecule has 0 bridgehead atoms. The summed E-state index contributed by atoms with van der Waals surface area (Å²) in [7, 11) is 0. The maximum absolute atomic E-state index is 11.0. The van der Waals surface area contributed by atoms with Crippen molar-refractivity contribution in [3.05, 3.63) is 23.8 Å². The lowest BCUT2D eigenvalue weighted by Gasteiger charge is -2.03. The molecule has 0 saturated carbocycles. The largest absolute Gasteiger partial charge is 0.399 e. The molecule has 0 aliphatic heterocycles. The first kappa shape index (κ1) is 8.35. The Bertz CT molecular complexity index is 310. The van der Waals surface area contributed by atoms with Gasteiger partial charge in [-0.15, -0.1) is 0 Å². The second-order valence-electron chi connectivity index (χ2n) is 2.32. The molecule has 1 rings (SSSR count). The van der Waals surface area contributed by atoms with Crippen molar-refractivity contribution in [1.82, 2.24) is 5.43 Å². The third kappa shape index (κ3) is 1.46. The molecule has 0 atom stereocenters. The van der Waals surface area contributed by atoms with Crippen LogP contribution in [-0.4, -0.2) is 5.91 Å². The van der Waals surface area contributed by atoms with Crippen LogP contribution in [-0.2, 0) is 0 Å². The summed E-state index contributed by atoms with van der Waals surface area (Å²) in [5.41, 5.74) is 14.1. The highest BCUT2D eigenvalue weighted by molar-refractivity contribution is 5.99. The number of hydrazine groups is 1. The molecule has 1 aromatic rings. The number of anilines is 2. The SMILES string of the molecule is NNC(=O)c1ccc(N)cc1N. The minimum absolute atomic E-state index is 0.318. The number of rotatable bonds is 1. The molecule has 0 aliphatic carbocycles. The fraction of sp³-hybridized carbons (Fsp3) is 0. The molecular formula is C7H10N4O. The van der Waals surface area contributed by atoms with E-state index in [4.69, 9.17) is 17.3 Å². The number of benzene rings is 1. The first-order valence-electron chi connectivity index (χ1n) is 3.31. The van der Waals surface area contributed by atoms with Gasteiger partial charge in [0.05, 0.1) is 5.56 Å². The van der Waals surface area contributed by atoms with Gasteiger partial charge in [-0.05, 0) is 18.2 Å². The Kier molecular flexibility index (Phi) is 2.16. The second kappa shape index (κ2) is 3.10. The molecular weight excluding hydrogens is 156 g/mol. The molecule has 5 heteroatoms. The Morgan fingerprint density at radius 2 is 2.00 bits per heavy atom. The third-order valence-electron chi connectivity index (χ3n) is 1.45. The zero-order valence-electron chi connectivity index (χ0n) is 6.37. The summed E-state index contributed by atoms with van der Waals surface area (Å²) in [4.78, 5) is 11.0. The lowest BCUT2D eigenvalue weighted by molar-refractivity contribution is 0.0954. The van der Waals surface area contributed by atoms with Gasteiger partial charge < -0.3 is 11.5 Å². The molecule has 0 spiro atoms. The fourth-order valence-electron chi connectivity index (χ4n) is 0.866. The highest BCUT2D eigenvalue weighted by Gasteiger charge is 2.06. The molecule has 0 saturated heterocycles. The maximum atomic E-state index is 11.0. The van der Waals surface area contributed by atoms with Crippen LogP contribution in [0.4, 0.5) is 11.4 Å². The normalized spacial score (nSPS) is 9.42. The van der Waals surface area contributed by atoms with Crippen molar-refractivity contribution in [3.8, 4) is 0 Å². The fourth-order valence-corrected chi connectivity index (χ4v) is 0.866. The smallest absolute Gasteiger partial charge is 0.267 e. The van der Waals surface area contributed by atoms with Crippen molar-refractivity contribution < 1.29 is 4.79 Å². The van der Waals surface area contributed by atoms with E-state index in [1.54, 1.807) is 6.07 Å². The number of carbonyl (C=O) groups is 1. The van der Waals surface area contributed by atoms with E-state index in [1.165, 1.54) is 12.1 Å². The van der Waals surface area contributed by atoms with Crippen LogP contribution in [0.25, 0.3) is 0 Å². The summed E-state index contributed by atoms with van der Waals surface area (Å²) in [6.07, 6.45) is 0. The third-order valence-corrected chi connectivity index (χ3v) is 1.45. The van der Waals surface area contributed by atoms with E-state index in [2.05, 4.69) is 0 Å². The number of hydrogen-bond acceptors (Lipinski definition) is 4. The van der Waals surface area contributed by atoms with Gasteiger partial charge in [0.25, 0.3) is 5.91 Å². The molecule has 12 heavy (non-hydrogen) atoms. The van der Waals surface area contributed by atoms with Crippen LogP contribution in [0.1, 0.15) is 10.4 Å². The maximum Gasteiger partial charge on any atom is 0.267 e. The van der Waals surface area contributed by atoms with Crippen LogP contribution in [0.5, 0.6) is 0 Å². The van der Waals surface area contributed by atoms with E-state index in [0.717, 1.165) is 0 Å². The summed E-state index contributed by atoms with van der Waals surface area (Å²) in [6, 6.07) is 4.61. The second-order valence-corrected chi connectivity index (χ2v) is 2.32. The number of nitrogen functional groups attached to an aromatic ring is 3. The number of carbonyl (C=O) groups excluding carboxylic acids is 1. The summed E-state index contributed by atoms with van der Waals surface area (Å²) < 4.78 is 0. The van der Waals surface area contributed by atoms with Crippen molar-refractivity contribution >= 4 is 17.3 Å². The van der Waals surface area contributed by atoms with Gasteiger partial charge in [-0.3, -0.25) is 10.2 Å². The van der Waals surface area contributed by atoms with Crippen molar-refractivity contribution in [3.63, 3.8) is 0 Å². The van der Waals surface area contributed by atoms with Gasteiger partial charge in [-0.25, -0.2) is 5.84 Å². The van der Waals surface area contributed by atoms with Crippen molar-refractivity contribution in [2.45, 2.75) is 0 Å². The number of nitrogens with one attached hydrogen (secondary N) is 1. The predicted octanol–water partition coefficient (Wildman–Crippen LogP) is -0.546. The minimum atomic E-state index is -0.424. The minimum Gasteiger partial charge on any atom is -0.399 e. The highest BCUT2D eigenvalue weighted by atomic mass is 16.2. The first-order chi connectivity index (χ1) is 5.65. The van der Waals surface area contributed by atoms with E-state index in [1.807, 2.05) is 5.43 Å². The van der Waals surface area contributed by atoms with Crippen LogP contribution >= 0.6 is 0 Å². The van der Waals surface area contributed by atoms with Crippen LogP contribution in [0, 0.1) is 0 Å². The topological polar surface area (TPSA) is 107 Å². The van der Waals surface area contributed by atoms with E-state index in [9.17, 15) is 4.79 Å². The summed E-state index contributed by atoms with van der Waals surface area (Å²) >= 11 is 0. The molecule has 5 nitrogen and oxygen atoms in total. The molecule has 0 heterocycles. The molecule has 0 aromatic heterocycles. The molecule has 0 radical (unpaired) electrons. The molecule has 0 unspecified atom stereocenters. The Balaban J connectivity index is 3.09. The van der Waals surface area contributed by atoms with Gasteiger partial charge in [-0.1, -0.05) is 0 Å². The van der Waals surface area contributed by atoms with Gasteiger partial charge in [0.2, 0.25) is 0 Å². The molecule has 64 valence electrons. The highest BCUT2D eigenvalue weighted by Crippen LogP contribution is 2.14. The lowest BCUT2D eigenvalue weighted by Crippen LogP contribution is -2.30. The Morgan fingerprint density at radius 1 is 1.33 bits per heavy atom. The predicted molar refractivity (Wildman–Crippen MR) is 46.9 cm³/mol. The van der Waals surface area contributed by atoms with E-state index in [-0.39, 0.29) is 0 Å². The van der Waals surface area contributed by atoms with Crippen molar-refractivity contribution in [2.24, 2.45) is 5.84 Å². The number of hydrogen-bond donors (Lipinski definition) is 4. The summed E-state index contributed by atoms with van der Waals surface area (Å²) in [5, 5.41) is 0. The molecule has 1 aromatic carbocycles. The number of amides is 1.